The first kappa shape index (κ1) is 25.9. The van der Waals surface area contributed by atoms with Crippen molar-refractivity contribution in [1.29, 1.82) is 0 Å². The Morgan fingerprint density at radius 3 is 1.56 bits per heavy atom. The molecule has 0 aliphatic heterocycles. The molecule has 0 aliphatic rings. The molecule has 39 heavy (non-hydrogen) atoms. The topological polar surface area (TPSA) is 57.2 Å². The van der Waals surface area contributed by atoms with E-state index in [1.807, 2.05) is 127 Å². The number of aliphatic hydroxyl groups is 1. The van der Waals surface area contributed by atoms with Crippen molar-refractivity contribution in [3.63, 3.8) is 0 Å². The van der Waals surface area contributed by atoms with Gasteiger partial charge < -0.3 is 24.1 Å². The normalized spacial score (nSPS) is 11.4. The highest BCUT2D eigenvalue weighted by atomic mass is 16.7. The second-order valence-corrected chi connectivity index (χ2v) is 8.88. The first-order valence-corrected chi connectivity index (χ1v) is 12.8. The van der Waals surface area contributed by atoms with Crippen molar-refractivity contribution in [2.75, 3.05) is 20.0 Å². The summed E-state index contributed by atoms with van der Waals surface area (Å²) in [7, 11) is 0. The molecule has 5 aromatic rings. The molecule has 1 atom stereocenters. The third kappa shape index (κ3) is 7.18. The number of para-hydroxylation sites is 2. The second-order valence-electron chi connectivity index (χ2n) is 8.88. The number of benzene rings is 5. The molecule has 5 rings (SSSR count). The summed E-state index contributed by atoms with van der Waals surface area (Å²) in [5, 5.41) is 10.5. The van der Waals surface area contributed by atoms with Crippen molar-refractivity contribution in [3.05, 3.63) is 133 Å². The van der Waals surface area contributed by atoms with E-state index in [4.69, 9.17) is 18.9 Å². The number of hydrogen-bond acceptors (Lipinski definition) is 5. The largest absolute Gasteiger partial charge is 0.491 e. The van der Waals surface area contributed by atoms with Crippen molar-refractivity contribution >= 4 is 0 Å². The van der Waals surface area contributed by atoms with E-state index in [1.165, 1.54) is 0 Å². The molecule has 0 heterocycles. The van der Waals surface area contributed by atoms with E-state index >= 15 is 0 Å². The Bertz CT molecular complexity index is 1450. The van der Waals surface area contributed by atoms with Gasteiger partial charge in [0.05, 0.1) is 0 Å². The molecular weight excluding hydrogens is 488 g/mol. The molecule has 0 saturated carbocycles. The van der Waals surface area contributed by atoms with Gasteiger partial charge in [0.25, 0.3) is 0 Å². The fourth-order valence-electron chi connectivity index (χ4n) is 4.14. The van der Waals surface area contributed by atoms with E-state index < -0.39 is 6.10 Å². The summed E-state index contributed by atoms with van der Waals surface area (Å²) >= 11 is 0. The van der Waals surface area contributed by atoms with Crippen LogP contribution >= 0.6 is 0 Å². The lowest BCUT2D eigenvalue weighted by molar-refractivity contribution is 0.0625. The Morgan fingerprint density at radius 2 is 0.949 bits per heavy atom. The van der Waals surface area contributed by atoms with Gasteiger partial charge in [-0.05, 0) is 35.4 Å². The minimum atomic E-state index is -0.809. The summed E-state index contributed by atoms with van der Waals surface area (Å²) in [6.45, 7) is 0.233. The molecule has 0 aliphatic carbocycles. The van der Waals surface area contributed by atoms with Crippen LogP contribution in [0.25, 0.3) is 22.3 Å². The van der Waals surface area contributed by atoms with Crippen LogP contribution in [0.1, 0.15) is 0 Å². The van der Waals surface area contributed by atoms with Crippen LogP contribution in [0, 0.1) is 0 Å². The zero-order valence-electron chi connectivity index (χ0n) is 21.5. The molecule has 5 nitrogen and oxygen atoms in total. The maximum absolute atomic E-state index is 10.5. The Labute approximate surface area is 228 Å². The van der Waals surface area contributed by atoms with Crippen molar-refractivity contribution in [2.45, 2.75) is 6.10 Å². The van der Waals surface area contributed by atoms with Gasteiger partial charge in [-0.1, -0.05) is 103 Å². The fourth-order valence-corrected chi connectivity index (χ4v) is 4.14. The van der Waals surface area contributed by atoms with Gasteiger partial charge in [0.15, 0.2) is 0 Å². The van der Waals surface area contributed by atoms with Gasteiger partial charge in [0, 0.05) is 17.2 Å². The minimum Gasteiger partial charge on any atom is -0.491 e. The molecule has 0 amide bonds. The lowest BCUT2D eigenvalue weighted by atomic mass is 10.1. The van der Waals surface area contributed by atoms with E-state index in [2.05, 4.69) is 0 Å². The molecule has 0 spiro atoms. The van der Waals surface area contributed by atoms with Crippen LogP contribution < -0.4 is 18.9 Å². The third-order valence-electron chi connectivity index (χ3n) is 6.06. The monoisotopic (exact) mass is 518 g/mol. The third-order valence-corrected chi connectivity index (χ3v) is 6.06. The van der Waals surface area contributed by atoms with Gasteiger partial charge in [-0.3, -0.25) is 0 Å². The van der Waals surface area contributed by atoms with Crippen molar-refractivity contribution in [3.8, 4) is 45.3 Å². The molecule has 0 radical (unpaired) electrons. The zero-order chi connectivity index (χ0) is 26.7. The Hall–Kier alpha value is -4.74. The van der Waals surface area contributed by atoms with Crippen LogP contribution in [0.2, 0.25) is 0 Å². The Balaban J connectivity index is 1.11. The molecule has 0 bridgehead atoms. The van der Waals surface area contributed by atoms with Crippen LogP contribution in [0.5, 0.6) is 23.0 Å². The summed E-state index contributed by atoms with van der Waals surface area (Å²) < 4.78 is 23.5. The molecule has 196 valence electrons. The van der Waals surface area contributed by atoms with Gasteiger partial charge in [-0.25, -0.2) is 0 Å². The van der Waals surface area contributed by atoms with Crippen molar-refractivity contribution < 1.29 is 24.1 Å². The van der Waals surface area contributed by atoms with Crippen molar-refractivity contribution in [1.82, 2.24) is 0 Å². The highest BCUT2D eigenvalue weighted by Crippen LogP contribution is 2.31. The maximum Gasteiger partial charge on any atom is 0.230 e. The molecular formula is C34H30O5. The van der Waals surface area contributed by atoms with Crippen LogP contribution in [0.3, 0.4) is 0 Å². The summed E-state index contributed by atoms with van der Waals surface area (Å²) in [6.07, 6.45) is -0.809. The van der Waals surface area contributed by atoms with Gasteiger partial charge in [-0.15, -0.1) is 0 Å². The van der Waals surface area contributed by atoms with E-state index in [9.17, 15) is 5.11 Å². The van der Waals surface area contributed by atoms with Gasteiger partial charge in [-0.2, -0.15) is 0 Å². The second kappa shape index (κ2) is 13.2. The van der Waals surface area contributed by atoms with E-state index in [1.54, 1.807) is 6.07 Å². The smallest absolute Gasteiger partial charge is 0.230 e. The average Bonchev–Trinajstić information content (AvgIpc) is 3.00. The molecule has 0 aromatic heterocycles. The van der Waals surface area contributed by atoms with Crippen LogP contribution in [-0.2, 0) is 0 Å². The fraction of sp³-hybridized carbons (Fsp3) is 0.118. The predicted octanol–water partition coefficient (Wildman–Crippen LogP) is 7.25. The van der Waals surface area contributed by atoms with E-state index in [0.717, 1.165) is 28.0 Å². The molecule has 1 N–H and O–H groups in total. The van der Waals surface area contributed by atoms with Crippen LogP contribution in [-0.4, -0.2) is 31.2 Å². The Morgan fingerprint density at radius 1 is 0.462 bits per heavy atom. The summed E-state index contributed by atoms with van der Waals surface area (Å²) in [6, 6.07) is 43.0. The summed E-state index contributed by atoms with van der Waals surface area (Å²) in [5.41, 5.74) is 4.11. The number of rotatable bonds is 12. The number of aliphatic hydroxyl groups excluding tert-OH is 1. The first-order chi connectivity index (χ1) is 19.3. The van der Waals surface area contributed by atoms with E-state index in [-0.39, 0.29) is 20.0 Å². The minimum absolute atomic E-state index is 0.0462. The first-order valence-electron chi connectivity index (χ1n) is 12.8. The number of hydrogen-bond donors (Lipinski definition) is 1. The molecule has 5 heteroatoms. The molecule has 0 fully saturated rings. The maximum atomic E-state index is 10.5. The summed E-state index contributed by atoms with van der Waals surface area (Å²) in [5.74, 6) is 2.65. The molecule has 1 unspecified atom stereocenters. The molecule has 5 aromatic carbocycles. The SMILES string of the molecule is OC(COc1cccc(OCOc2ccccc2-c2ccccc2)c1)COc1ccccc1-c1ccccc1. The highest BCUT2D eigenvalue weighted by Gasteiger charge is 2.11. The lowest BCUT2D eigenvalue weighted by Gasteiger charge is -2.16. The Kier molecular flexibility index (Phi) is 8.75. The van der Waals surface area contributed by atoms with Crippen LogP contribution in [0.15, 0.2) is 133 Å². The van der Waals surface area contributed by atoms with Gasteiger partial charge >= 0.3 is 0 Å². The zero-order valence-corrected chi connectivity index (χ0v) is 21.5. The molecule has 0 saturated heterocycles. The number of ether oxygens (including phenoxy) is 4. The standard InChI is InChI=1S/C34H30O5/c35-28(24-37-33-20-9-7-18-31(33)26-12-3-1-4-13-26)23-36-29-16-11-17-30(22-29)38-25-39-34-21-10-8-19-32(34)27-14-5-2-6-15-27/h1-22,28,35H,23-25H2. The van der Waals surface area contributed by atoms with Gasteiger partial charge in [0.1, 0.15) is 42.3 Å². The highest BCUT2D eigenvalue weighted by molar-refractivity contribution is 5.71. The average molecular weight is 519 g/mol. The summed E-state index contributed by atoms with van der Waals surface area (Å²) in [4.78, 5) is 0. The quantitative estimate of drug-likeness (QED) is 0.176. The van der Waals surface area contributed by atoms with E-state index in [0.29, 0.717) is 17.2 Å². The van der Waals surface area contributed by atoms with Gasteiger partial charge in [0.2, 0.25) is 6.79 Å². The predicted molar refractivity (Wildman–Crippen MR) is 153 cm³/mol. The van der Waals surface area contributed by atoms with Crippen LogP contribution in [0.4, 0.5) is 0 Å². The lowest BCUT2D eigenvalue weighted by Crippen LogP contribution is -2.25. The van der Waals surface area contributed by atoms with Crippen molar-refractivity contribution in [2.24, 2.45) is 0 Å².